The fourth-order valence-electron chi connectivity index (χ4n) is 2.41. The first-order valence-electron chi connectivity index (χ1n) is 7.25. The lowest BCUT2D eigenvalue weighted by molar-refractivity contribution is -0.141. The fourth-order valence-corrected chi connectivity index (χ4v) is 3.11. The Balaban J connectivity index is 1.82. The van der Waals surface area contributed by atoms with Gasteiger partial charge in [-0.15, -0.1) is 0 Å². The molecule has 134 valence electrons. The van der Waals surface area contributed by atoms with Gasteiger partial charge < -0.3 is 5.32 Å². The number of amides is 1. The summed E-state index contributed by atoms with van der Waals surface area (Å²) >= 11 is 17.5. The van der Waals surface area contributed by atoms with Crippen molar-refractivity contribution in [2.24, 2.45) is 0 Å². The van der Waals surface area contributed by atoms with Crippen molar-refractivity contribution in [1.82, 2.24) is 9.78 Å². The molecule has 1 aromatic carbocycles. The van der Waals surface area contributed by atoms with Gasteiger partial charge in [-0.25, -0.2) is 0 Å². The molecule has 0 bridgehead atoms. The van der Waals surface area contributed by atoms with E-state index in [1.807, 2.05) is 0 Å². The maximum absolute atomic E-state index is 13.0. The Kier molecular flexibility index (Phi) is 4.92. The third-order valence-corrected chi connectivity index (χ3v) is 4.77. The van der Waals surface area contributed by atoms with Gasteiger partial charge in [0.2, 0.25) is 5.91 Å². The monoisotopic (exact) mass is 411 g/mol. The van der Waals surface area contributed by atoms with Crippen LogP contribution in [0.15, 0.2) is 18.2 Å². The summed E-state index contributed by atoms with van der Waals surface area (Å²) in [6.07, 6.45) is -3.24. The zero-order chi connectivity index (χ0) is 18.4. The second kappa shape index (κ2) is 6.70. The van der Waals surface area contributed by atoms with E-state index >= 15 is 0 Å². The van der Waals surface area contributed by atoms with E-state index in [1.54, 1.807) is 0 Å². The summed E-state index contributed by atoms with van der Waals surface area (Å²) in [5.41, 5.74) is -0.543. The molecule has 4 nitrogen and oxygen atoms in total. The van der Waals surface area contributed by atoms with E-state index in [-0.39, 0.29) is 23.2 Å². The highest BCUT2D eigenvalue weighted by molar-refractivity contribution is 6.42. The third kappa shape index (κ3) is 4.04. The third-order valence-electron chi connectivity index (χ3n) is 3.66. The first kappa shape index (κ1) is 18.4. The maximum Gasteiger partial charge on any atom is 0.436 e. The van der Waals surface area contributed by atoms with Gasteiger partial charge in [-0.3, -0.25) is 9.48 Å². The van der Waals surface area contributed by atoms with E-state index < -0.39 is 22.8 Å². The van der Waals surface area contributed by atoms with Crippen LogP contribution in [0, 0.1) is 0 Å². The molecule has 0 unspecified atom stereocenters. The Labute approximate surface area is 155 Å². The number of nitrogens with one attached hydrogen (secondary N) is 1. The van der Waals surface area contributed by atoms with Crippen LogP contribution in [0.3, 0.4) is 0 Å². The Bertz CT molecular complexity index is 831. The lowest BCUT2D eigenvalue weighted by atomic mass is 10.2. The van der Waals surface area contributed by atoms with Crippen LogP contribution in [0.25, 0.3) is 0 Å². The number of carbonyl (C=O) groups is 1. The standard InChI is InChI=1S/C15H11Cl3F3N3O/c16-9-4-3-8(5-10(9)17)22-11(25)6-24-13(7-1-2-7)12(18)14(23-24)15(19,20)21/h3-5,7H,1-2,6H2,(H,22,25). The molecule has 1 aromatic heterocycles. The molecule has 0 aliphatic heterocycles. The molecule has 1 fully saturated rings. The predicted octanol–water partition coefficient (Wildman–Crippen LogP) is 5.38. The number of hydrogen-bond donors (Lipinski definition) is 1. The van der Waals surface area contributed by atoms with Crippen molar-refractivity contribution in [2.45, 2.75) is 31.5 Å². The highest BCUT2D eigenvalue weighted by atomic mass is 35.5. The van der Waals surface area contributed by atoms with Crippen molar-refractivity contribution in [3.8, 4) is 0 Å². The molecular weight excluding hydrogens is 402 g/mol. The summed E-state index contributed by atoms with van der Waals surface area (Å²) in [5, 5.41) is 6.19. The van der Waals surface area contributed by atoms with Crippen LogP contribution in [0.5, 0.6) is 0 Å². The lowest BCUT2D eigenvalue weighted by Crippen LogP contribution is -2.21. The van der Waals surface area contributed by atoms with E-state index in [0.717, 1.165) is 17.5 Å². The van der Waals surface area contributed by atoms with E-state index in [2.05, 4.69) is 10.4 Å². The van der Waals surface area contributed by atoms with E-state index in [9.17, 15) is 18.0 Å². The molecule has 1 aliphatic carbocycles. The van der Waals surface area contributed by atoms with Crippen LogP contribution >= 0.6 is 34.8 Å². The molecule has 0 saturated heterocycles. The van der Waals surface area contributed by atoms with E-state index in [1.165, 1.54) is 18.2 Å². The molecule has 10 heteroatoms. The molecule has 1 saturated carbocycles. The van der Waals surface area contributed by atoms with Gasteiger partial charge in [-0.05, 0) is 31.0 Å². The molecule has 0 spiro atoms. The Morgan fingerprint density at radius 1 is 1.24 bits per heavy atom. The molecule has 1 amide bonds. The number of halogens is 6. The largest absolute Gasteiger partial charge is 0.436 e. The number of rotatable bonds is 4. The molecule has 1 N–H and O–H groups in total. The molecule has 1 aliphatic rings. The van der Waals surface area contributed by atoms with E-state index in [4.69, 9.17) is 34.8 Å². The van der Waals surface area contributed by atoms with Crippen molar-refractivity contribution < 1.29 is 18.0 Å². The van der Waals surface area contributed by atoms with Crippen molar-refractivity contribution in [3.05, 3.63) is 44.7 Å². The Hall–Kier alpha value is -1.44. The van der Waals surface area contributed by atoms with Crippen molar-refractivity contribution >= 4 is 46.4 Å². The highest BCUT2D eigenvalue weighted by Gasteiger charge is 2.42. The van der Waals surface area contributed by atoms with Gasteiger partial charge >= 0.3 is 6.18 Å². The number of hydrogen-bond acceptors (Lipinski definition) is 2. The van der Waals surface area contributed by atoms with Gasteiger partial charge in [0.05, 0.1) is 20.8 Å². The van der Waals surface area contributed by atoms with Gasteiger partial charge in [-0.1, -0.05) is 34.8 Å². The maximum atomic E-state index is 13.0. The van der Waals surface area contributed by atoms with Gasteiger partial charge in [0.15, 0.2) is 5.69 Å². The number of nitrogens with zero attached hydrogens (tertiary/aromatic N) is 2. The van der Waals surface area contributed by atoms with Crippen LogP contribution in [-0.2, 0) is 17.5 Å². The summed E-state index contributed by atoms with van der Waals surface area (Å²) < 4.78 is 40.0. The smallest absolute Gasteiger partial charge is 0.324 e. The number of aromatic nitrogens is 2. The zero-order valence-electron chi connectivity index (χ0n) is 12.5. The van der Waals surface area contributed by atoms with Crippen LogP contribution in [-0.4, -0.2) is 15.7 Å². The predicted molar refractivity (Wildman–Crippen MR) is 89.3 cm³/mol. The molecule has 3 rings (SSSR count). The molecule has 0 atom stereocenters. The van der Waals surface area contributed by atoms with Crippen molar-refractivity contribution in [2.75, 3.05) is 5.32 Å². The zero-order valence-corrected chi connectivity index (χ0v) is 14.8. The topological polar surface area (TPSA) is 46.9 Å². The van der Waals surface area contributed by atoms with Crippen LogP contribution in [0.4, 0.5) is 18.9 Å². The Morgan fingerprint density at radius 2 is 1.92 bits per heavy atom. The SMILES string of the molecule is O=C(Cn1nc(C(F)(F)F)c(Cl)c1C1CC1)Nc1ccc(Cl)c(Cl)c1. The molecule has 25 heavy (non-hydrogen) atoms. The highest BCUT2D eigenvalue weighted by Crippen LogP contribution is 2.46. The van der Waals surface area contributed by atoms with Crippen LogP contribution in [0.1, 0.15) is 30.1 Å². The first-order valence-corrected chi connectivity index (χ1v) is 8.38. The van der Waals surface area contributed by atoms with Crippen molar-refractivity contribution in [3.63, 3.8) is 0 Å². The van der Waals surface area contributed by atoms with Gasteiger partial charge in [0.25, 0.3) is 0 Å². The van der Waals surface area contributed by atoms with Gasteiger partial charge in [-0.2, -0.15) is 18.3 Å². The number of carbonyl (C=O) groups excluding carboxylic acids is 1. The minimum atomic E-state index is -4.67. The van der Waals surface area contributed by atoms with E-state index in [0.29, 0.717) is 10.7 Å². The van der Waals surface area contributed by atoms with Crippen LogP contribution < -0.4 is 5.32 Å². The minimum Gasteiger partial charge on any atom is -0.324 e. The molecular formula is C15H11Cl3F3N3O. The normalized spacial score (nSPS) is 14.6. The lowest BCUT2D eigenvalue weighted by Gasteiger charge is -2.09. The quantitative estimate of drug-likeness (QED) is 0.733. The summed E-state index contributed by atoms with van der Waals surface area (Å²) in [5.74, 6) is -0.651. The summed E-state index contributed by atoms with van der Waals surface area (Å²) in [6, 6.07) is 4.48. The summed E-state index contributed by atoms with van der Waals surface area (Å²) in [7, 11) is 0. The first-order chi connectivity index (χ1) is 11.7. The second-order valence-electron chi connectivity index (χ2n) is 5.65. The molecule has 1 heterocycles. The average molecular weight is 413 g/mol. The van der Waals surface area contributed by atoms with Gasteiger partial charge in [0.1, 0.15) is 6.54 Å². The second-order valence-corrected chi connectivity index (χ2v) is 6.85. The van der Waals surface area contributed by atoms with Crippen molar-refractivity contribution in [1.29, 1.82) is 0 Å². The van der Waals surface area contributed by atoms with Gasteiger partial charge in [0, 0.05) is 11.6 Å². The summed E-state index contributed by atoms with van der Waals surface area (Å²) in [4.78, 5) is 12.2. The fraction of sp³-hybridized carbons (Fsp3) is 0.333. The summed E-state index contributed by atoms with van der Waals surface area (Å²) in [6.45, 7) is -0.387. The average Bonchev–Trinajstić information content (AvgIpc) is 3.27. The van der Waals surface area contributed by atoms with Crippen LogP contribution in [0.2, 0.25) is 15.1 Å². The number of alkyl halides is 3. The Morgan fingerprint density at radius 3 is 2.48 bits per heavy atom. The number of anilines is 1. The molecule has 2 aromatic rings. The minimum absolute atomic E-state index is 0.103. The number of benzene rings is 1. The molecule has 0 radical (unpaired) electrons.